The molecule has 0 aliphatic carbocycles. The minimum atomic E-state index is -2.98. The third kappa shape index (κ3) is 3.75. The molecule has 2 aromatic rings. The SMILES string of the molecule is O=P([C@H](c1c[nH]c2ccccc12)N1CCOCC1)(N1CCOCC1)N1CCOCC1. The van der Waals surface area contributed by atoms with E-state index in [4.69, 9.17) is 14.2 Å². The molecule has 8 nitrogen and oxygen atoms in total. The molecule has 3 fully saturated rings. The number of para-hydroxylation sites is 1. The first kappa shape index (κ1) is 20.6. The summed E-state index contributed by atoms with van der Waals surface area (Å²) in [6.07, 6.45) is 2.07. The van der Waals surface area contributed by atoms with Gasteiger partial charge in [-0.15, -0.1) is 0 Å². The van der Waals surface area contributed by atoms with Crippen molar-refractivity contribution in [1.29, 1.82) is 0 Å². The summed E-state index contributed by atoms with van der Waals surface area (Å²) in [4.78, 5) is 5.80. The average Bonchev–Trinajstić information content (AvgIpc) is 3.25. The number of nitrogens with zero attached hydrogens (tertiary/aromatic N) is 3. The van der Waals surface area contributed by atoms with Gasteiger partial charge in [0.25, 0.3) is 0 Å². The van der Waals surface area contributed by atoms with E-state index in [0.29, 0.717) is 65.8 Å². The summed E-state index contributed by atoms with van der Waals surface area (Å²) in [6.45, 7) is 8.17. The van der Waals surface area contributed by atoms with Gasteiger partial charge < -0.3 is 19.2 Å². The Bertz CT molecular complexity index is 866. The van der Waals surface area contributed by atoms with Crippen molar-refractivity contribution in [3.05, 3.63) is 36.0 Å². The minimum absolute atomic E-state index is 0.214. The Balaban J connectivity index is 1.64. The second-order valence-corrected chi connectivity index (χ2v) is 10.8. The zero-order valence-electron chi connectivity index (χ0n) is 17.4. The number of hydrogen-bond donors (Lipinski definition) is 1. The van der Waals surface area contributed by atoms with Gasteiger partial charge in [-0.3, -0.25) is 9.46 Å². The summed E-state index contributed by atoms with van der Waals surface area (Å²) < 4.78 is 36.6. The molecular weight excluding hydrogens is 403 g/mol. The van der Waals surface area contributed by atoms with E-state index in [0.717, 1.165) is 29.6 Å². The van der Waals surface area contributed by atoms with Crippen LogP contribution in [0, 0.1) is 0 Å². The van der Waals surface area contributed by atoms with Crippen LogP contribution >= 0.6 is 7.44 Å². The van der Waals surface area contributed by atoms with Crippen molar-refractivity contribution in [3.8, 4) is 0 Å². The van der Waals surface area contributed by atoms with Gasteiger partial charge in [-0.1, -0.05) is 18.2 Å². The van der Waals surface area contributed by atoms with E-state index in [2.05, 4.69) is 43.6 Å². The van der Waals surface area contributed by atoms with Crippen molar-refractivity contribution < 1.29 is 18.8 Å². The van der Waals surface area contributed by atoms with Crippen molar-refractivity contribution in [1.82, 2.24) is 19.2 Å². The van der Waals surface area contributed by atoms with Crippen LogP contribution in [0.15, 0.2) is 30.5 Å². The molecule has 9 heteroatoms. The molecule has 5 rings (SSSR count). The number of hydrogen-bond acceptors (Lipinski definition) is 5. The van der Waals surface area contributed by atoms with Crippen LogP contribution in [0.2, 0.25) is 0 Å². The lowest BCUT2D eigenvalue weighted by atomic mass is 10.1. The number of aromatic amines is 1. The van der Waals surface area contributed by atoms with Crippen LogP contribution in [0.4, 0.5) is 0 Å². The van der Waals surface area contributed by atoms with E-state index < -0.39 is 7.44 Å². The van der Waals surface area contributed by atoms with Gasteiger partial charge in [0.05, 0.1) is 39.6 Å². The Morgan fingerprint density at radius 2 is 1.33 bits per heavy atom. The van der Waals surface area contributed by atoms with Crippen LogP contribution in [0.1, 0.15) is 11.3 Å². The van der Waals surface area contributed by atoms with Gasteiger partial charge in [0.2, 0.25) is 7.44 Å². The smallest absolute Gasteiger partial charge is 0.238 e. The summed E-state index contributed by atoms with van der Waals surface area (Å²) in [7, 11) is -2.98. The first-order chi connectivity index (χ1) is 14.8. The fraction of sp³-hybridized carbons (Fsp3) is 0.619. The molecule has 4 heterocycles. The van der Waals surface area contributed by atoms with E-state index in [1.165, 1.54) is 0 Å². The molecule has 1 aromatic heterocycles. The molecule has 0 amide bonds. The van der Waals surface area contributed by atoms with E-state index >= 15 is 4.57 Å². The molecule has 0 bridgehead atoms. The van der Waals surface area contributed by atoms with Crippen molar-refractivity contribution in [2.75, 3.05) is 78.9 Å². The van der Waals surface area contributed by atoms with Crippen LogP contribution in [-0.2, 0) is 18.8 Å². The highest BCUT2D eigenvalue weighted by molar-refractivity contribution is 7.59. The lowest BCUT2D eigenvalue weighted by molar-refractivity contribution is 0.0201. The molecule has 0 radical (unpaired) electrons. The fourth-order valence-electron chi connectivity index (χ4n) is 4.89. The molecular formula is C21H31N4O4P. The lowest BCUT2D eigenvalue weighted by Gasteiger charge is -2.49. The predicted octanol–water partition coefficient (Wildman–Crippen LogP) is 2.36. The third-order valence-corrected chi connectivity index (χ3v) is 10.1. The number of benzene rings is 1. The highest BCUT2D eigenvalue weighted by Crippen LogP contribution is 2.66. The largest absolute Gasteiger partial charge is 0.379 e. The lowest BCUT2D eigenvalue weighted by Crippen LogP contribution is -2.49. The number of ether oxygens (including phenoxy) is 3. The Morgan fingerprint density at radius 1 is 0.800 bits per heavy atom. The van der Waals surface area contributed by atoms with E-state index in [9.17, 15) is 0 Å². The monoisotopic (exact) mass is 434 g/mol. The maximum Gasteiger partial charge on any atom is 0.238 e. The number of H-pyrrole nitrogens is 1. The molecule has 3 saturated heterocycles. The van der Waals surface area contributed by atoms with Gasteiger partial charge in [0, 0.05) is 61.9 Å². The summed E-state index contributed by atoms with van der Waals surface area (Å²) in [6, 6.07) is 8.32. The van der Waals surface area contributed by atoms with Gasteiger partial charge in [-0.25, -0.2) is 9.34 Å². The quantitative estimate of drug-likeness (QED) is 0.725. The topological polar surface area (TPSA) is 70.3 Å². The molecule has 0 saturated carbocycles. The first-order valence-corrected chi connectivity index (χ1v) is 12.6. The fourth-order valence-corrected chi connectivity index (χ4v) is 8.57. The van der Waals surface area contributed by atoms with Crippen LogP contribution in [0.5, 0.6) is 0 Å². The minimum Gasteiger partial charge on any atom is -0.379 e. The Labute approximate surface area is 177 Å². The molecule has 164 valence electrons. The molecule has 1 N–H and O–H groups in total. The maximum absolute atomic E-state index is 15.3. The molecule has 0 unspecified atom stereocenters. The van der Waals surface area contributed by atoms with E-state index in [1.54, 1.807) is 0 Å². The molecule has 1 aromatic carbocycles. The van der Waals surface area contributed by atoms with Crippen molar-refractivity contribution in [2.45, 2.75) is 5.78 Å². The van der Waals surface area contributed by atoms with E-state index in [1.807, 2.05) is 6.07 Å². The van der Waals surface area contributed by atoms with Crippen LogP contribution in [0.3, 0.4) is 0 Å². The Kier molecular flexibility index (Phi) is 6.25. The van der Waals surface area contributed by atoms with Crippen LogP contribution < -0.4 is 0 Å². The van der Waals surface area contributed by atoms with Crippen molar-refractivity contribution >= 4 is 18.3 Å². The zero-order chi connectivity index (χ0) is 20.4. The van der Waals surface area contributed by atoms with Gasteiger partial charge in [-0.05, 0) is 6.07 Å². The summed E-state index contributed by atoms with van der Waals surface area (Å²) in [5.41, 5.74) is 2.20. The van der Waals surface area contributed by atoms with Gasteiger partial charge in [0.15, 0.2) is 0 Å². The molecule has 3 aliphatic heterocycles. The van der Waals surface area contributed by atoms with Crippen molar-refractivity contribution in [3.63, 3.8) is 0 Å². The highest BCUT2D eigenvalue weighted by Gasteiger charge is 2.49. The number of fused-ring (bicyclic) bond motifs is 1. The highest BCUT2D eigenvalue weighted by atomic mass is 31.2. The molecule has 1 atom stereocenters. The number of morpholine rings is 3. The number of nitrogens with one attached hydrogen (secondary N) is 1. The van der Waals surface area contributed by atoms with Gasteiger partial charge >= 0.3 is 0 Å². The normalized spacial score (nSPS) is 24.3. The second kappa shape index (κ2) is 9.09. The predicted molar refractivity (Wildman–Crippen MR) is 116 cm³/mol. The zero-order valence-corrected chi connectivity index (χ0v) is 18.3. The Morgan fingerprint density at radius 3 is 1.93 bits per heavy atom. The first-order valence-electron chi connectivity index (χ1n) is 10.9. The van der Waals surface area contributed by atoms with Gasteiger partial charge in [0.1, 0.15) is 5.78 Å². The van der Waals surface area contributed by atoms with Crippen molar-refractivity contribution in [2.24, 2.45) is 0 Å². The third-order valence-electron chi connectivity index (χ3n) is 6.40. The summed E-state index contributed by atoms with van der Waals surface area (Å²) in [5, 5.41) is 1.15. The van der Waals surface area contributed by atoms with Crippen LogP contribution in [0.25, 0.3) is 10.9 Å². The molecule has 3 aliphatic rings. The second-order valence-electron chi connectivity index (χ2n) is 8.03. The average molecular weight is 434 g/mol. The Hall–Kier alpha value is -1.25. The van der Waals surface area contributed by atoms with Gasteiger partial charge in [-0.2, -0.15) is 0 Å². The maximum atomic E-state index is 15.3. The number of aromatic nitrogens is 1. The standard InChI is InChI=1S/C21H31N4O4P/c26-30(24-7-13-28-14-8-24,25-9-15-29-16-10-25)21(23-5-11-27-12-6-23)19-17-22-20-4-2-1-3-18(19)20/h1-4,17,21-22H,5-16H2/t21-/m1/s1. The summed E-state index contributed by atoms with van der Waals surface area (Å²) in [5.74, 6) is -0.214. The van der Waals surface area contributed by atoms with E-state index in [-0.39, 0.29) is 5.78 Å². The summed E-state index contributed by atoms with van der Waals surface area (Å²) >= 11 is 0. The molecule has 30 heavy (non-hydrogen) atoms. The number of rotatable bonds is 5. The molecule has 0 spiro atoms. The van der Waals surface area contributed by atoms with Crippen LogP contribution in [-0.4, -0.2) is 98.1 Å².